The van der Waals surface area contributed by atoms with Crippen molar-refractivity contribution >= 4 is 5.91 Å². The van der Waals surface area contributed by atoms with Gasteiger partial charge in [-0.1, -0.05) is 19.8 Å². The van der Waals surface area contributed by atoms with Crippen LogP contribution in [0.3, 0.4) is 0 Å². The average Bonchev–Trinajstić information content (AvgIpc) is 2.98. The average molecular weight is 240 g/mol. The number of hydrogen-bond acceptors (Lipinski definition) is 3. The lowest BCUT2D eigenvalue weighted by Gasteiger charge is -2.29. The summed E-state index contributed by atoms with van der Waals surface area (Å²) >= 11 is 0. The monoisotopic (exact) mass is 240 g/mol. The van der Waals surface area contributed by atoms with Gasteiger partial charge in [-0.3, -0.25) is 4.79 Å². The predicted octanol–water partition coefficient (Wildman–Crippen LogP) is 1.01. The topological polar surface area (TPSA) is 41.6 Å². The highest BCUT2D eigenvalue weighted by Gasteiger charge is 2.37. The van der Waals surface area contributed by atoms with Crippen LogP contribution in [0.5, 0.6) is 0 Å². The van der Waals surface area contributed by atoms with Crippen molar-refractivity contribution in [3.05, 3.63) is 0 Å². The quantitative estimate of drug-likeness (QED) is 0.797. The van der Waals surface area contributed by atoms with E-state index in [4.69, 9.17) is 4.74 Å². The first-order valence-electron chi connectivity index (χ1n) is 6.81. The Hall–Kier alpha value is -0.610. The third-order valence-corrected chi connectivity index (χ3v) is 4.08. The van der Waals surface area contributed by atoms with Gasteiger partial charge in [0.15, 0.2) is 0 Å². The lowest BCUT2D eigenvalue weighted by molar-refractivity contribution is -0.136. The molecule has 1 amide bonds. The molecule has 0 aromatic carbocycles. The Morgan fingerprint density at radius 1 is 1.35 bits per heavy atom. The maximum atomic E-state index is 12.4. The van der Waals surface area contributed by atoms with Gasteiger partial charge in [0.2, 0.25) is 5.91 Å². The van der Waals surface area contributed by atoms with E-state index in [9.17, 15) is 4.79 Å². The molecule has 2 aliphatic rings. The maximum Gasteiger partial charge on any atom is 0.229 e. The molecule has 4 nitrogen and oxygen atoms in total. The molecular weight excluding hydrogens is 216 g/mol. The molecule has 1 aliphatic carbocycles. The van der Waals surface area contributed by atoms with Gasteiger partial charge in [-0.05, 0) is 19.4 Å². The van der Waals surface area contributed by atoms with Crippen LogP contribution in [-0.2, 0) is 9.53 Å². The second kappa shape index (κ2) is 5.83. The van der Waals surface area contributed by atoms with Crippen LogP contribution in [-0.4, -0.2) is 49.7 Å². The number of nitrogens with one attached hydrogen (secondary N) is 1. The van der Waals surface area contributed by atoms with Gasteiger partial charge in [-0.25, -0.2) is 0 Å². The van der Waals surface area contributed by atoms with Crippen molar-refractivity contribution in [1.82, 2.24) is 10.2 Å². The molecule has 0 bridgehead atoms. The minimum absolute atomic E-state index is 0.0144. The summed E-state index contributed by atoms with van der Waals surface area (Å²) in [5, 5.41) is 3.35. The van der Waals surface area contributed by atoms with E-state index < -0.39 is 0 Å². The summed E-state index contributed by atoms with van der Waals surface area (Å²) in [5.74, 6) is 0.279. The van der Waals surface area contributed by atoms with Crippen LogP contribution >= 0.6 is 0 Å². The van der Waals surface area contributed by atoms with E-state index in [1.165, 1.54) is 25.7 Å². The first kappa shape index (κ1) is 12.8. The van der Waals surface area contributed by atoms with Gasteiger partial charge in [0.25, 0.3) is 0 Å². The van der Waals surface area contributed by atoms with Crippen LogP contribution in [0.15, 0.2) is 0 Å². The van der Waals surface area contributed by atoms with Crippen molar-refractivity contribution in [2.45, 2.75) is 44.7 Å². The number of hydrogen-bond donors (Lipinski definition) is 1. The van der Waals surface area contributed by atoms with Gasteiger partial charge in [-0.2, -0.15) is 0 Å². The predicted molar refractivity (Wildman–Crippen MR) is 66.8 cm³/mol. The van der Waals surface area contributed by atoms with Crippen LogP contribution in [0.4, 0.5) is 0 Å². The number of amides is 1. The molecule has 4 heteroatoms. The second-order valence-electron chi connectivity index (χ2n) is 5.20. The highest BCUT2D eigenvalue weighted by molar-refractivity contribution is 5.80. The Morgan fingerprint density at radius 3 is 2.71 bits per heavy atom. The molecule has 1 heterocycles. The summed E-state index contributed by atoms with van der Waals surface area (Å²) in [4.78, 5) is 14.4. The molecule has 2 unspecified atom stereocenters. The van der Waals surface area contributed by atoms with E-state index >= 15 is 0 Å². The van der Waals surface area contributed by atoms with Crippen molar-refractivity contribution in [3.8, 4) is 0 Å². The van der Waals surface area contributed by atoms with Crippen molar-refractivity contribution in [2.75, 3.05) is 26.8 Å². The van der Waals surface area contributed by atoms with Gasteiger partial charge in [-0.15, -0.1) is 0 Å². The van der Waals surface area contributed by atoms with E-state index in [0.717, 1.165) is 6.54 Å². The summed E-state index contributed by atoms with van der Waals surface area (Å²) in [6.45, 7) is 4.21. The lowest BCUT2D eigenvalue weighted by Crippen LogP contribution is -2.47. The molecule has 2 atom stereocenters. The van der Waals surface area contributed by atoms with Crippen molar-refractivity contribution < 1.29 is 9.53 Å². The molecule has 1 N–H and O–H groups in total. The molecule has 98 valence electrons. The Balaban J connectivity index is 1.93. The third-order valence-electron chi connectivity index (χ3n) is 4.08. The molecule has 1 saturated carbocycles. The Kier molecular flexibility index (Phi) is 4.40. The number of carbonyl (C=O) groups is 1. The Morgan fingerprint density at radius 2 is 2.06 bits per heavy atom. The Bertz CT molecular complexity index is 264. The lowest BCUT2D eigenvalue weighted by atomic mass is 10.0. The minimum atomic E-state index is 0.0144. The summed E-state index contributed by atoms with van der Waals surface area (Å²) in [6, 6.07) is 0.668. The molecule has 17 heavy (non-hydrogen) atoms. The van der Waals surface area contributed by atoms with Crippen LogP contribution in [0.25, 0.3) is 0 Å². The maximum absolute atomic E-state index is 12.4. The summed E-state index contributed by atoms with van der Waals surface area (Å²) < 4.78 is 5.45. The second-order valence-corrected chi connectivity index (χ2v) is 5.20. The minimum Gasteiger partial charge on any atom is -0.379 e. The fourth-order valence-electron chi connectivity index (χ4n) is 2.99. The molecule has 0 aromatic rings. The Labute approximate surface area is 104 Å². The molecule has 2 rings (SSSR count). The molecule has 0 aromatic heterocycles. The van der Waals surface area contributed by atoms with E-state index in [1.807, 2.05) is 11.9 Å². The highest BCUT2D eigenvalue weighted by atomic mass is 16.5. The van der Waals surface area contributed by atoms with Crippen molar-refractivity contribution in [2.24, 2.45) is 5.92 Å². The van der Waals surface area contributed by atoms with Crippen LogP contribution in [0.2, 0.25) is 0 Å². The normalized spacial score (nSPS) is 29.8. The molecular formula is C13H24N2O2. The summed E-state index contributed by atoms with van der Waals surface area (Å²) in [7, 11) is 1.96. The van der Waals surface area contributed by atoms with E-state index in [2.05, 4.69) is 12.2 Å². The molecule has 1 aliphatic heterocycles. The van der Waals surface area contributed by atoms with Gasteiger partial charge in [0.1, 0.15) is 0 Å². The zero-order valence-corrected chi connectivity index (χ0v) is 10.9. The number of nitrogens with zero attached hydrogens (tertiary/aromatic N) is 1. The number of likely N-dealkylation sites (N-methyl/N-ethyl adjacent to an activating group) is 1. The van der Waals surface area contributed by atoms with E-state index in [1.54, 1.807) is 0 Å². The summed E-state index contributed by atoms with van der Waals surface area (Å²) in [5.41, 5.74) is 0. The van der Waals surface area contributed by atoms with E-state index in [0.29, 0.717) is 19.3 Å². The molecule has 2 fully saturated rings. The zero-order valence-electron chi connectivity index (χ0n) is 10.9. The number of rotatable bonds is 4. The van der Waals surface area contributed by atoms with Gasteiger partial charge in [0, 0.05) is 19.1 Å². The summed E-state index contributed by atoms with van der Waals surface area (Å²) in [6.07, 6.45) is 4.86. The molecule has 1 saturated heterocycles. The smallest absolute Gasteiger partial charge is 0.229 e. The van der Waals surface area contributed by atoms with Crippen LogP contribution in [0, 0.1) is 5.92 Å². The standard InChI is InChI=1S/C13H24N2O2/c1-3-14-12-9-17-8-11(12)13(16)15(2)10-6-4-5-7-10/h10-12,14H,3-9H2,1-2H3. The third kappa shape index (κ3) is 2.80. The van der Waals surface area contributed by atoms with Gasteiger partial charge >= 0.3 is 0 Å². The first-order chi connectivity index (χ1) is 8.24. The zero-order chi connectivity index (χ0) is 12.3. The van der Waals surface area contributed by atoms with Gasteiger partial charge < -0.3 is 15.0 Å². The van der Waals surface area contributed by atoms with Crippen molar-refractivity contribution in [1.29, 1.82) is 0 Å². The van der Waals surface area contributed by atoms with Gasteiger partial charge in [0.05, 0.1) is 19.1 Å². The largest absolute Gasteiger partial charge is 0.379 e. The number of ether oxygens (including phenoxy) is 1. The van der Waals surface area contributed by atoms with Crippen LogP contribution < -0.4 is 5.32 Å². The SMILES string of the molecule is CCNC1COCC1C(=O)N(C)C1CCCC1. The van der Waals surface area contributed by atoms with Crippen LogP contribution in [0.1, 0.15) is 32.6 Å². The fourth-order valence-corrected chi connectivity index (χ4v) is 2.99. The molecule has 0 radical (unpaired) electrons. The molecule has 0 spiro atoms. The van der Waals surface area contributed by atoms with E-state index in [-0.39, 0.29) is 17.9 Å². The highest BCUT2D eigenvalue weighted by Crippen LogP contribution is 2.25. The first-order valence-corrected chi connectivity index (χ1v) is 6.81. The van der Waals surface area contributed by atoms with Crippen molar-refractivity contribution in [3.63, 3.8) is 0 Å². The number of carbonyl (C=O) groups excluding carboxylic acids is 1. The fraction of sp³-hybridized carbons (Fsp3) is 0.923.